The number of carbonyl (C=O) groups excluding carboxylic acids is 4. The van der Waals surface area contributed by atoms with E-state index in [9.17, 15) is 24.3 Å². The molecule has 0 aromatic heterocycles. The normalized spacial score (nSPS) is 42.7. The van der Waals surface area contributed by atoms with Crippen molar-refractivity contribution in [3.8, 4) is 0 Å². The molecule has 0 radical (unpaired) electrons. The van der Waals surface area contributed by atoms with E-state index >= 15 is 0 Å². The van der Waals surface area contributed by atoms with Crippen LogP contribution in [0.25, 0.3) is 0 Å². The molecule has 0 spiro atoms. The van der Waals surface area contributed by atoms with Gasteiger partial charge in [-0.2, -0.15) is 0 Å². The molecule has 8 nitrogen and oxygen atoms in total. The highest BCUT2D eigenvalue weighted by molar-refractivity contribution is 6.01. The van der Waals surface area contributed by atoms with Gasteiger partial charge in [0.05, 0.1) is 23.9 Å². The molecule has 2 aliphatic carbocycles. The largest absolute Gasteiger partial charge is 0.455 e. The first-order valence-electron chi connectivity index (χ1n) is 11.1. The van der Waals surface area contributed by atoms with Crippen molar-refractivity contribution in [2.24, 2.45) is 22.7 Å². The number of aliphatic hydroxyl groups is 1. The maximum absolute atomic E-state index is 14.0. The molecule has 172 valence electrons. The van der Waals surface area contributed by atoms with Crippen molar-refractivity contribution in [2.45, 2.75) is 71.9 Å². The molecule has 1 saturated carbocycles. The number of carbonyl (C=O) groups is 4. The highest BCUT2D eigenvalue weighted by atomic mass is 16.7. The van der Waals surface area contributed by atoms with Crippen molar-refractivity contribution in [1.82, 2.24) is 0 Å². The summed E-state index contributed by atoms with van der Waals surface area (Å²) in [5.74, 6) is -2.76. The van der Waals surface area contributed by atoms with E-state index in [2.05, 4.69) is 0 Å². The minimum absolute atomic E-state index is 0.00103. The third-order valence-electron chi connectivity index (χ3n) is 8.50. The summed E-state index contributed by atoms with van der Waals surface area (Å²) in [6.45, 7) is 8.14. The minimum atomic E-state index is -1.25. The summed E-state index contributed by atoms with van der Waals surface area (Å²) in [5.41, 5.74) is -1.06. The van der Waals surface area contributed by atoms with Gasteiger partial charge in [-0.15, -0.1) is 0 Å². The molecule has 0 amide bonds. The zero-order valence-corrected chi connectivity index (χ0v) is 18.9. The second-order valence-electron chi connectivity index (χ2n) is 10.6. The van der Waals surface area contributed by atoms with Gasteiger partial charge in [-0.25, -0.2) is 0 Å². The van der Waals surface area contributed by atoms with Gasteiger partial charge in [-0.3, -0.25) is 19.2 Å². The minimum Gasteiger partial charge on any atom is -0.455 e. The van der Waals surface area contributed by atoms with Crippen LogP contribution in [0.3, 0.4) is 0 Å². The maximum Gasteiger partial charge on any atom is 0.314 e. The van der Waals surface area contributed by atoms with Crippen LogP contribution in [0.2, 0.25) is 0 Å². The Balaban J connectivity index is 1.81. The topological polar surface area (TPSA) is 116 Å². The number of rotatable bonds is 1. The van der Waals surface area contributed by atoms with Crippen LogP contribution in [-0.2, 0) is 33.4 Å². The number of allylic oxidation sites excluding steroid dienone is 1. The number of cyclic esters (lactones) is 1. The lowest BCUT2D eigenvalue weighted by Gasteiger charge is -2.53. The predicted octanol–water partition coefficient (Wildman–Crippen LogP) is 1.79. The van der Waals surface area contributed by atoms with Gasteiger partial charge in [-0.1, -0.05) is 0 Å². The Morgan fingerprint density at radius 2 is 1.72 bits per heavy atom. The molecule has 5 rings (SSSR count). The van der Waals surface area contributed by atoms with Crippen LogP contribution >= 0.6 is 0 Å². The van der Waals surface area contributed by atoms with Gasteiger partial charge >= 0.3 is 11.9 Å². The van der Waals surface area contributed by atoms with E-state index in [1.165, 1.54) is 0 Å². The summed E-state index contributed by atoms with van der Waals surface area (Å²) < 4.78 is 16.8. The quantitative estimate of drug-likeness (QED) is 0.609. The summed E-state index contributed by atoms with van der Waals surface area (Å²) in [5, 5.41) is 10.5. The van der Waals surface area contributed by atoms with E-state index in [1.807, 2.05) is 0 Å². The van der Waals surface area contributed by atoms with Gasteiger partial charge in [-0.05, 0) is 63.3 Å². The Labute approximate surface area is 186 Å². The molecule has 0 aromatic carbocycles. The lowest BCUT2D eigenvalue weighted by Crippen LogP contribution is -2.61. The van der Waals surface area contributed by atoms with E-state index in [-0.39, 0.29) is 30.8 Å². The van der Waals surface area contributed by atoms with Gasteiger partial charge < -0.3 is 19.3 Å². The fraction of sp³-hybridized carbons (Fsp3) is 0.667. The number of ketones is 2. The molecule has 32 heavy (non-hydrogen) atoms. The molecule has 0 aromatic rings. The van der Waals surface area contributed by atoms with Gasteiger partial charge in [0.25, 0.3) is 0 Å². The first-order valence-corrected chi connectivity index (χ1v) is 11.1. The predicted molar refractivity (Wildman–Crippen MR) is 109 cm³/mol. The maximum atomic E-state index is 14.0. The smallest absolute Gasteiger partial charge is 0.314 e. The van der Waals surface area contributed by atoms with Crippen molar-refractivity contribution >= 4 is 23.5 Å². The molecule has 2 saturated heterocycles. The van der Waals surface area contributed by atoms with Crippen molar-refractivity contribution in [1.29, 1.82) is 0 Å². The second-order valence-corrected chi connectivity index (χ2v) is 10.6. The third kappa shape index (κ3) is 2.45. The first-order chi connectivity index (χ1) is 14.9. The highest BCUT2D eigenvalue weighted by Crippen LogP contribution is 2.65. The van der Waals surface area contributed by atoms with E-state index in [0.717, 1.165) is 0 Å². The molecule has 0 unspecified atom stereocenters. The van der Waals surface area contributed by atoms with Crippen LogP contribution in [0.5, 0.6) is 0 Å². The summed E-state index contributed by atoms with van der Waals surface area (Å²) in [6, 6.07) is 0. The van der Waals surface area contributed by atoms with Crippen molar-refractivity contribution in [2.75, 3.05) is 6.61 Å². The average molecular weight is 444 g/mol. The molecule has 3 aliphatic heterocycles. The molecule has 6 atom stereocenters. The van der Waals surface area contributed by atoms with Gasteiger partial charge in [0.2, 0.25) is 6.29 Å². The number of ether oxygens (including phenoxy) is 3. The lowest BCUT2D eigenvalue weighted by molar-refractivity contribution is -0.211. The lowest BCUT2D eigenvalue weighted by atomic mass is 9.48. The molecule has 1 N–H and O–H groups in total. The van der Waals surface area contributed by atoms with Crippen LogP contribution in [0.15, 0.2) is 22.3 Å². The second kappa shape index (κ2) is 6.38. The number of esters is 2. The number of aliphatic hydroxyl groups excluding tert-OH is 1. The van der Waals surface area contributed by atoms with E-state index in [0.29, 0.717) is 22.3 Å². The Morgan fingerprint density at radius 3 is 2.38 bits per heavy atom. The number of Topliss-reactive ketones (excluding diaryl/α,β-unsaturated/α-hetero) is 2. The molecule has 8 heteroatoms. The Morgan fingerprint density at radius 1 is 1.03 bits per heavy atom. The Bertz CT molecular complexity index is 1050. The Hall–Kier alpha value is -2.32. The van der Waals surface area contributed by atoms with E-state index in [1.54, 1.807) is 34.6 Å². The average Bonchev–Trinajstić information content (AvgIpc) is 2.88. The number of fused-ring (bicyclic) bond motifs is 2. The molecule has 5 aliphatic rings. The van der Waals surface area contributed by atoms with Crippen LogP contribution in [-0.4, -0.2) is 53.2 Å². The first kappa shape index (κ1) is 21.5. The standard InChI is InChI=1S/C24H28O8/c1-10-19(28)17-18-20(30-10)31-21(29)23(18,4)8-14-12(9-25)11-6-16(27)32-22(2,3)13(11)7-15(26)24(14,17)5/h10,17-18,20,25H,6-9H2,1-5H3/t10-,17-,18+,20-,23+,24-/m0/s1. The van der Waals surface area contributed by atoms with Gasteiger partial charge in [0.1, 0.15) is 17.5 Å². The van der Waals surface area contributed by atoms with Crippen molar-refractivity contribution in [3.05, 3.63) is 22.3 Å². The zero-order valence-electron chi connectivity index (χ0n) is 18.9. The molecule has 3 heterocycles. The van der Waals surface area contributed by atoms with Crippen LogP contribution in [0.4, 0.5) is 0 Å². The van der Waals surface area contributed by atoms with Crippen LogP contribution in [0.1, 0.15) is 53.9 Å². The monoisotopic (exact) mass is 444 g/mol. The molecular weight excluding hydrogens is 416 g/mol. The molecule has 3 fully saturated rings. The fourth-order valence-corrected chi connectivity index (χ4v) is 6.74. The third-order valence-corrected chi connectivity index (χ3v) is 8.50. The van der Waals surface area contributed by atoms with Crippen LogP contribution < -0.4 is 0 Å². The Kier molecular flexibility index (Phi) is 4.29. The fourth-order valence-electron chi connectivity index (χ4n) is 6.74. The summed E-state index contributed by atoms with van der Waals surface area (Å²) in [4.78, 5) is 52.9. The van der Waals surface area contributed by atoms with Crippen molar-refractivity contribution in [3.63, 3.8) is 0 Å². The molecule has 0 bridgehead atoms. The van der Waals surface area contributed by atoms with E-state index < -0.39 is 59.2 Å². The van der Waals surface area contributed by atoms with Crippen LogP contribution in [0, 0.1) is 22.7 Å². The van der Waals surface area contributed by atoms with Crippen molar-refractivity contribution < 1.29 is 38.5 Å². The number of hydrogen-bond acceptors (Lipinski definition) is 8. The van der Waals surface area contributed by atoms with E-state index in [4.69, 9.17) is 14.2 Å². The summed E-state index contributed by atoms with van der Waals surface area (Å²) >= 11 is 0. The van der Waals surface area contributed by atoms with Gasteiger partial charge in [0, 0.05) is 18.3 Å². The summed E-state index contributed by atoms with van der Waals surface area (Å²) in [7, 11) is 0. The zero-order chi connectivity index (χ0) is 23.4. The SMILES string of the molecule is C[C@@H]1O[C@H]2OC(=O)[C@]3(C)CC4=C(CO)C5=C(CC(=O)[C@@]4(C)[C@H](C1=O)[C@H]23)C(C)(C)OC(=O)C5. The molecular formula is C24H28O8. The van der Waals surface area contributed by atoms with Gasteiger partial charge in [0.15, 0.2) is 5.78 Å². The summed E-state index contributed by atoms with van der Waals surface area (Å²) in [6.07, 6.45) is -1.63. The number of hydrogen-bond donors (Lipinski definition) is 1. The highest BCUT2D eigenvalue weighted by Gasteiger charge is 2.71.